The Bertz CT molecular complexity index is 912. The molecule has 1 aliphatic rings. The highest BCUT2D eigenvalue weighted by atomic mass is 35.5. The molecule has 2 amide bonds. The maximum Gasteiger partial charge on any atom is 0.267 e. The zero-order chi connectivity index (χ0) is 18.8. The Kier molecular flexibility index (Phi) is 5.20. The van der Waals surface area contributed by atoms with Crippen LogP contribution in [0.1, 0.15) is 12.5 Å². The van der Waals surface area contributed by atoms with Gasteiger partial charge in [-0.3, -0.25) is 9.59 Å². The number of ether oxygens (including phenoxy) is 1. The highest BCUT2D eigenvalue weighted by Gasteiger charge is 2.28. The van der Waals surface area contributed by atoms with E-state index in [2.05, 4.69) is 5.32 Å². The van der Waals surface area contributed by atoms with Crippen molar-refractivity contribution in [3.8, 4) is 5.75 Å². The topological polar surface area (TPSA) is 58.6 Å². The molecule has 2 aromatic rings. The van der Waals surface area contributed by atoms with Crippen molar-refractivity contribution in [2.24, 2.45) is 0 Å². The van der Waals surface area contributed by atoms with Crippen molar-refractivity contribution in [2.45, 2.75) is 13.0 Å². The zero-order valence-corrected chi connectivity index (χ0v) is 15.6. The predicted octanol–water partition coefficient (Wildman–Crippen LogP) is 4.39. The molecule has 1 aliphatic heterocycles. The molecular weight excluding hydrogens is 375 g/mol. The summed E-state index contributed by atoms with van der Waals surface area (Å²) in [6, 6.07) is 10.2. The molecule has 1 unspecified atom stereocenters. The van der Waals surface area contributed by atoms with E-state index in [1.807, 2.05) is 0 Å². The lowest BCUT2D eigenvalue weighted by atomic mass is 10.2. The van der Waals surface area contributed by atoms with Crippen LogP contribution >= 0.6 is 23.2 Å². The molecule has 0 fully saturated rings. The van der Waals surface area contributed by atoms with Crippen molar-refractivity contribution in [1.29, 1.82) is 0 Å². The molecule has 0 radical (unpaired) electrons. The van der Waals surface area contributed by atoms with Crippen molar-refractivity contribution in [1.82, 2.24) is 0 Å². The number of likely N-dealkylation sites (N-methyl/N-ethyl adjacent to an activating group) is 1. The van der Waals surface area contributed by atoms with E-state index >= 15 is 0 Å². The summed E-state index contributed by atoms with van der Waals surface area (Å²) in [5, 5.41) is 3.75. The van der Waals surface area contributed by atoms with Gasteiger partial charge in [0, 0.05) is 34.9 Å². The number of benzene rings is 2. The van der Waals surface area contributed by atoms with Crippen LogP contribution < -0.4 is 15.0 Å². The van der Waals surface area contributed by atoms with E-state index in [1.54, 1.807) is 56.4 Å². The third kappa shape index (κ3) is 3.84. The number of halogens is 2. The Hall–Kier alpha value is -2.50. The van der Waals surface area contributed by atoms with Crippen molar-refractivity contribution in [3.05, 3.63) is 58.1 Å². The predicted molar refractivity (Wildman–Crippen MR) is 104 cm³/mol. The standard InChI is InChI=1S/C19H16Cl2N2O3/c1-11-19(25)23(2)16-7-6-14(10-17(16)26-11)22-18(24)8-4-12-3-5-13(20)9-15(12)21/h3-11H,1-2H3,(H,22,24)/b8-4+. The first-order valence-electron chi connectivity index (χ1n) is 7.87. The van der Waals surface area contributed by atoms with Gasteiger partial charge in [0.2, 0.25) is 5.91 Å². The van der Waals surface area contributed by atoms with E-state index in [9.17, 15) is 9.59 Å². The van der Waals surface area contributed by atoms with Crippen LogP contribution in [-0.2, 0) is 9.59 Å². The van der Waals surface area contributed by atoms with Gasteiger partial charge in [-0.15, -0.1) is 0 Å². The lowest BCUT2D eigenvalue weighted by Crippen LogP contribution is -2.41. The molecule has 0 aromatic heterocycles. The number of rotatable bonds is 3. The van der Waals surface area contributed by atoms with Crippen LogP contribution in [0.3, 0.4) is 0 Å². The fourth-order valence-corrected chi connectivity index (χ4v) is 3.05. The van der Waals surface area contributed by atoms with Crippen molar-refractivity contribution in [2.75, 3.05) is 17.3 Å². The molecule has 2 aromatic carbocycles. The number of carbonyl (C=O) groups excluding carboxylic acids is 2. The number of hydrogen-bond donors (Lipinski definition) is 1. The van der Waals surface area contributed by atoms with Crippen LogP contribution in [-0.4, -0.2) is 25.0 Å². The van der Waals surface area contributed by atoms with Crippen LogP contribution in [0, 0.1) is 0 Å². The summed E-state index contributed by atoms with van der Waals surface area (Å²) < 4.78 is 5.60. The van der Waals surface area contributed by atoms with Gasteiger partial charge in [0.05, 0.1) is 5.69 Å². The molecule has 0 spiro atoms. The number of anilines is 2. The van der Waals surface area contributed by atoms with Crippen LogP contribution in [0.15, 0.2) is 42.5 Å². The monoisotopic (exact) mass is 390 g/mol. The largest absolute Gasteiger partial charge is 0.479 e. The number of nitrogens with one attached hydrogen (secondary N) is 1. The van der Waals surface area contributed by atoms with Crippen molar-refractivity contribution < 1.29 is 14.3 Å². The lowest BCUT2D eigenvalue weighted by Gasteiger charge is -2.30. The summed E-state index contributed by atoms with van der Waals surface area (Å²) in [5.74, 6) is 0.114. The molecule has 1 N–H and O–H groups in total. The molecule has 0 aliphatic carbocycles. The molecule has 26 heavy (non-hydrogen) atoms. The van der Waals surface area contributed by atoms with E-state index in [0.717, 1.165) is 0 Å². The summed E-state index contributed by atoms with van der Waals surface area (Å²) in [7, 11) is 1.69. The minimum Gasteiger partial charge on any atom is -0.479 e. The minimum atomic E-state index is -0.564. The fourth-order valence-electron chi connectivity index (χ4n) is 2.58. The van der Waals surface area contributed by atoms with Gasteiger partial charge < -0.3 is 15.0 Å². The van der Waals surface area contributed by atoms with Gasteiger partial charge in [-0.25, -0.2) is 0 Å². The number of fused-ring (bicyclic) bond motifs is 1. The molecule has 5 nitrogen and oxygen atoms in total. The SMILES string of the molecule is CC1Oc2cc(NC(=O)/C=C/c3ccc(Cl)cc3Cl)ccc2N(C)C1=O. The third-order valence-electron chi connectivity index (χ3n) is 3.95. The molecule has 1 heterocycles. The third-order valence-corrected chi connectivity index (χ3v) is 4.51. The number of nitrogens with zero attached hydrogens (tertiary/aromatic N) is 1. The lowest BCUT2D eigenvalue weighted by molar-refractivity contribution is -0.125. The molecule has 0 saturated carbocycles. The van der Waals surface area contributed by atoms with E-state index in [-0.39, 0.29) is 11.8 Å². The first-order chi connectivity index (χ1) is 12.3. The van der Waals surface area contributed by atoms with Crippen molar-refractivity contribution in [3.63, 3.8) is 0 Å². The Morgan fingerprint density at radius 2 is 2.00 bits per heavy atom. The van der Waals surface area contributed by atoms with Crippen LogP contribution in [0.4, 0.5) is 11.4 Å². The van der Waals surface area contributed by atoms with Gasteiger partial charge in [0.25, 0.3) is 5.91 Å². The van der Waals surface area contributed by atoms with Crippen LogP contribution in [0.2, 0.25) is 10.0 Å². The van der Waals surface area contributed by atoms with Gasteiger partial charge in [-0.2, -0.15) is 0 Å². The first kappa shape index (κ1) is 18.3. The summed E-state index contributed by atoms with van der Waals surface area (Å²) >= 11 is 11.9. The minimum absolute atomic E-state index is 0.114. The molecule has 1 atom stereocenters. The quantitative estimate of drug-likeness (QED) is 0.790. The molecule has 0 bridgehead atoms. The highest BCUT2D eigenvalue weighted by Crippen LogP contribution is 2.35. The summed E-state index contributed by atoms with van der Waals surface area (Å²) in [6.45, 7) is 1.69. The second-order valence-electron chi connectivity index (χ2n) is 5.83. The number of hydrogen-bond acceptors (Lipinski definition) is 3. The second kappa shape index (κ2) is 7.40. The number of amides is 2. The average molecular weight is 391 g/mol. The van der Waals surface area contributed by atoms with Gasteiger partial charge >= 0.3 is 0 Å². The Balaban J connectivity index is 1.73. The maximum absolute atomic E-state index is 12.1. The zero-order valence-electron chi connectivity index (χ0n) is 14.1. The van der Waals surface area contributed by atoms with Crippen LogP contribution in [0.5, 0.6) is 5.75 Å². The Labute approximate surface area is 161 Å². The smallest absolute Gasteiger partial charge is 0.267 e. The van der Waals surface area contributed by atoms with Crippen LogP contribution in [0.25, 0.3) is 6.08 Å². The summed E-state index contributed by atoms with van der Waals surface area (Å²) in [5.41, 5.74) is 1.92. The summed E-state index contributed by atoms with van der Waals surface area (Å²) in [4.78, 5) is 25.6. The van der Waals surface area contributed by atoms with E-state index in [4.69, 9.17) is 27.9 Å². The first-order valence-corrected chi connectivity index (χ1v) is 8.63. The fraction of sp³-hybridized carbons (Fsp3) is 0.158. The van der Waals surface area contributed by atoms with Crippen molar-refractivity contribution >= 4 is 52.5 Å². The molecule has 3 rings (SSSR count). The number of carbonyl (C=O) groups is 2. The Morgan fingerprint density at radius 3 is 2.73 bits per heavy atom. The molecule has 7 heteroatoms. The summed E-state index contributed by atoms with van der Waals surface area (Å²) in [6.07, 6.45) is 2.43. The molecule has 134 valence electrons. The molecular formula is C19H16Cl2N2O3. The van der Waals surface area contributed by atoms with Gasteiger partial charge in [0.15, 0.2) is 6.10 Å². The highest BCUT2D eigenvalue weighted by molar-refractivity contribution is 6.35. The second-order valence-corrected chi connectivity index (χ2v) is 6.67. The van der Waals surface area contributed by atoms with Gasteiger partial charge in [-0.1, -0.05) is 29.3 Å². The maximum atomic E-state index is 12.1. The van der Waals surface area contributed by atoms with E-state index in [0.29, 0.717) is 32.7 Å². The Morgan fingerprint density at radius 1 is 1.23 bits per heavy atom. The average Bonchev–Trinajstić information content (AvgIpc) is 2.59. The van der Waals surface area contributed by atoms with Gasteiger partial charge in [-0.05, 0) is 42.8 Å². The van der Waals surface area contributed by atoms with Gasteiger partial charge in [0.1, 0.15) is 5.75 Å². The molecule has 0 saturated heterocycles. The normalized spacial score (nSPS) is 16.4. The van der Waals surface area contributed by atoms with E-state index in [1.165, 1.54) is 11.0 Å². The van der Waals surface area contributed by atoms with E-state index < -0.39 is 6.10 Å².